The fourth-order valence-corrected chi connectivity index (χ4v) is 1.47. The fraction of sp³-hybridized carbons (Fsp3) is 0.0833. The molecule has 1 heterocycles. The van der Waals surface area contributed by atoms with Gasteiger partial charge in [0.1, 0.15) is 0 Å². The van der Waals surface area contributed by atoms with Crippen molar-refractivity contribution in [2.75, 3.05) is 0 Å². The van der Waals surface area contributed by atoms with Crippen LogP contribution in [0.1, 0.15) is 11.1 Å². The molecule has 5 heteroatoms. The minimum Gasteiger partial charge on any atom is -0.287 e. The van der Waals surface area contributed by atoms with Gasteiger partial charge in [0, 0.05) is 12.4 Å². The van der Waals surface area contributed by atoms with Gasteiger partial charge < -0.3 is 0 Å². The minimum atomic E-state index is -4.87. The van der Waals surface area contributed by atoms with Gasteiger partial charge in [-0.2, -0.15) is 13.2 Å². The molecule has 17 heavy (non-hydrogen) atoms. The zero-order valence-corrected chi connectivity index (χ0v) is 8.61. The molecule has 0 saturated carbocycles. The first-order chi connectivity index (χ1) is 7.98. The summed E-state index contributed by atoms with van der Waals surface area (Å²) in [4.78, 5) is 11.5. The van der Waals surface area contributed by atoms with Crippen LogP contribution in [0.2, 0.25) is 0 Å². The SMILES string of the molecule is O=C(N1C=Cc2ccccc2C=C1)C(F)(F)F. The maximum Gasteiger partial charge on any atom is 0.472 e. The number of fused-ring (bicyclic) bond motifs is 1. The summed E-state index contributed by atoms with van der Waals surface area (Å²) < 4.78 is 36.7. The molecule has 0 bridgehead atoms. The summed E-state index contributed by atoms with van der Waals surface area (Å²) >= 11 is 0. The highest BCUT2D eigenvalue weighted by molar-refractivity contribution is 5.86. The predicted octanol–water partition coefficient (Wildman–Crippen LogP) is 3.03. The van der Waals surface area contributed by atoms with Gasteiger partial charge in [-0.15, -0.1) is 0 Å². The van der Waals surface area contributed by atoms with Crippen LogP contribution in [0.25, 0.3) is 12.2 Å². The third kappa shape index (κ3) is 2.38. The Bertz CT molecular complexity index is 470. The van der Waals surface area contributed by atoms with Crippen LogP contribution in [0.15, 0.2) is 36.7 Å². The number of hydrogen-bond acceptors (Lipinski definition) is 1. The van der Waals surface area contributed by atoms with E-state index in [-0.39, 0.29) is 0 Å². The van der Waals surface area contributed by atoms with Crippen LogP contribution in [0, 0.1) is 0 Å². The molecule has 1 aromatic carbocycles. The second-order valence-corrected chi connectivity index (χ2v) is 3.47. The van der Waals surface area contributed by atoms with E-state index >= 15 is 0 Å². The standard InChI is InChI=1S/C12H8F3NO/c13-12(14,15)11(17)16-7-5-9-3-1-2-4-10(9)6-8-16/h1-8H. The van der Waals surface area contributed by atoms with E-state index in [4.69, 9.17) is 0 Å². The zero-order chi connectivity index (χ0) is 12.5. The molecule has 0 radical (unpaired) electrons. The van der Waals surface area contributed by atoms with Gasteiger partial charge in [-0.3, -0.25) is 9.69 Å². The quantitative estimate of drug-likeness (QED) is 0.681. The van der Waals surface area contributed by atoms with E-state index in [1.165, 1.54) is 12.2 Å². The Hall–Kier alpha value is -2.04. The third-order valence-electron chi connectivity index (χ3n) is 2.30. The molecule has 0 aromatic heterocycles. The Labute approximate surface area is 95.7 Å². The summed E-state index contributed by atoms with van der Waals surface area (Å²) in [5.74, 6) is -1.90. The van der Waals surface area contributed by atoms with Crippen molar-refractivity contribution in [3.63, 3.8) is 0 Å². The van der Waals surface area contributed by atoms with Crippen molar-refractivity contribution >= 4 is 18.1 Å². The minimum absolute atomic E-state index is 0.528. The van der Waals surface area contributed by atoms with Crippen LogP contribution >= 0.6 is 0 Å². The van der Waals surface area contributed by atoms with Crippen LogP contribution in [0.3, 0.4) is 0 Å². The Balaban J connectivity index is 2.32. The molecule has 1 aromatic rings. The number of nitrogens with zero attached hydrogens (tertiary/aromatic N) is 1. The number of alkyl halides is 3. The summed E-state index contributed by atoms with van der Waals surface area (Å²) in [5.41, 5.74) is 1.53. The van der Waals surface area contributed by atoms with Gasteiger partial charge in [0.05, 0.1) is 0 Å². The van der Waals surface area contributed by atoms with Gasteiger partial charge in [-0.05, 0) is 23.3 Å². The van der Waals surface area contributed by atoms with Gasteiger partial charge in [-0.1, -0.05) is 24.3 Å². The lowest BCUT2D eigenvalue weighted by Crippen LogP contribution is -2.34. The smallest absolute Gasteiger partial charge is 0.287 e. The first kappa shape index (κ1) is 11.4. The molecule has 1 amide bonds. The molecule has 0 fully saturated rings. The van der Waals surface area contributed by atoms with Crippen LogP contribution in [0.5, 0.6) is 0 Å². The summed E-state index contributed by atoms with van der Waals surface area (Å²) in [6.07, 6.45) is 0.291. The maximum absolute atomic E-state index is 12.2. The van der Waals surface area contributed by atoms with E-state index < -0.39 is 12.1 Å². The number of amides is 1. The molecule has 2 nitrogen and oxygen atoms in total. The summed E-state index contributed by atoms with van der Waals surface area (Å²) in [5, 5.41) is 0. The Kier molecular flexibility index (Phi) is 2.75. The molecule has 0 N–H and O–H groups in total. The average Bonchev–Trinajstić information content (AvgIpc) is 2.49. The molecule has 0 atom stereocenters. The first-order valence-electron chi connectivity index (χ1n) is 4.83. The van der Waals surface area contributed by atoms with Gasteiger partial charge in [0.25, 0.3) is 0 Å². The lowest BCUT2D eigenvalue weighted by atomic mass is 10.1. The fourth-order valence-electron chi connectivity index (χ4n) is 1.47. The van der Waals surface area contributed by atoms with E-state index in [1.807, 2.05) is 0 Å². The zero-order valence-electron chi connectivity index (χ0n) is 8.61. The lowest BCUT2D eigenvalue weighted by molar-refractivity contribution is -0.180. The van der Waals surface area contributed by atoms with Crippen molar-refractivity contribution in [1.82, 2.24) is 4.90 Å². The highest BCUT2D eigenvalue weighted by Crippen LogP contribution is 2.22. The summed E-state index contributed by atoms with van der Waals surface area (Å²) in [7, 11) is 0. The van der Waals surface area contributed by atoms with E-state index in [2.05, 4.69) is 0 Å². The summed E-state index contributed by atoms with van der Waals surface area (Å²) in [6, 6.07) is 7.08. The molecule has 0 unspecified atom stereocenters. The first-order valence-corrected chi connectivity index (χ1v) is 4.83. The van der Waals surface area contributed by atoms with Crippen LogP contribution in [0.4, 0.5) is 13.2 Å². The number of halogens is 3. The van der Waals surface area contributed by atoms with E-state index in [1.54, 1.807) is 24.3 Å². The van der Waals surface area contributed by atoms with Crippen molar-refractivity contribution in [1.29, 1.82) is 0 Å². The van der Waals surface area contributed by atoms with Crippen molar-refractivity contribution in [2.24, 2.45) is 0 Å². The Morgan fingerprint density at radius 1 is 1.00 bits per heavy atom. The number of benzene rings is 1. The maximum atomic E-state index is 12.2. The highest BCUT2D eigenvalue weighted by atomic mass is 19.4. The highest BCUT2D eigenvalue weighted by Gasteiger charge is 2.41. The number of carbonyl (C=O) groups is 1. The van der Waals surface area contributed by atoms with E-state index in [0.29, 0.717) is 4.90 Å². The van der Waals surface area contributed by atoms with Crippen LogP contribution < -0.4 is 0 Å². The molecular formula is C12H8F3NO. The topological polar surface area (TPSA) is 20.3 Å². The van der Waals surface area contributed by atoms with Crippen LogP contribution in [-0.2, 0) is 4.79 Å². The number of hydrogen-bond donors (Lipinski definition) is 0. The van der Waals surface area contributed by atoms with Gasteiger partial charge in [0.2, 0.25) is 0 Å². The normalized spacial score (nSPS) is 14.4. The monoisotopic (exact) mass is 239 g/mol. The molecule has 0 spiro atoms. The predicted molar refractivity (Wildman–Crippen MR) is 57.4 cm³/mol. The number of rotatable bonds is 0. The number of carbonyl (C=O) groups excluding carboxylic acids is 1. The average molecular weight is 239 g/mol. The van der Waals surface area contributed by atoms with Crippen molar-refractivity contribution < 1.29 is 18.0 Å². The second-order valence-electron chi connectivity index (χ2n) is 3.47. The van der Waals surface area contributed by atoms with Gasteiger partial charge in [-0.25, -0.2) is 0 Å². The van der Waals surface area contributed by atoms with Crippen molar-refractivity contribution in [3.8, 4) is 0 Å². The van der Waals surface area contributed by atoms with Crippen LogP contribution in [-0.4, -0.2) is 17.0 Å². The molecule has 1 aliphatic heterocycles. The molecular weight excluding hydrogens is 231 g/mol. The molecule has 0 saturated heterocycles. The van der Waals surface area contributed by atoms with E-state index in [0.717, 1.165) is 23.5 Å². The van der Waals surface area contributed by atoms with Gasteiger partial charge >= 0.3 is 12.1 Å². The second kappa shape index (κ2) is 4.08. The molecule has 1 aliphatic rings. The summed E-state index contributed by atoms with van der Waals surface area (Å²) in [6.45, 7) is 0. The molecule has 2 rings (SSSR count). The molecule has 0 aliphatic carbocycles. The largest absolute Gasteiger partial charge is 0.472 e. The van der Waals surface area contributed by atoms with E-state index in [9.17, 15) is 18.0 Å². The van der Waals surface area contributed by atoms with Crippen molar-refractivity contribution in [3.05, 3.63) is 47.8 Å². The van der Waals surface area contributed by atoms with Crippen molar-refractivity contribution in [2.45, 2.75) is 6.18 Å². The third-order valence-corrected chi connectivity index (χ3v) is 2.30. The Morgan fingerprint density at radius 2 is 1.47 bits per heavy atom. The molecule has 88 valence electrons. The Morgan fingerprint density at radius 3 is 1.88 bits per heavy atom. The van der Waals surface area contributed by atoms with Gasteiger partial charge in [0.15, 0.2) is 0 Å². The lowest BCUT2D eigenvalue weighted by Gasteiger charge is -2.14.